The topological polar surface area (TPSA) is 32.9 Å². The van der Waals surface area contributed by atoms with Gasteiger partial charge in [0, 0.05) is 11.1 Å². The molecule has 0 aliphatic carbocycles. The second-order valence-electron chi connectivity index (χ2n) is 4.15. The number of pyridine rings is 1. The lowest BCUT2D eigenvalue weighted by atomic mass is 9.94. The lowest BCUT2D eigenvalue weighted by Gasteiger charge is -2.12. The van der Waals surface area contributed by atoms with E-state index in [1.165, 1.54) is 0 Å². The van der Waals surface area contributed by atoms with Gasteiger partial charge in [-0.05, 0) is 36.3 Å². The number of H-pyrrole nitrogens is 1. The molecule has 0 amide bonds. The van der Waals surface area contributed by atoms with Crippen molar-refractivity contribution in [3.8, 4) is 0 Å². The van der Waals surface area contributed by atoms with Gasteiger partial charge in [-0.2, -0.15) is 0 Å². The average molecular weight is 215 g/mol. The molecule has 2 rings (SSSR count). The third-order valence-electron chi connectivity index (χ3n) is 3.21. The van der Waals surface area contributed by atoms with Crippen molar-refractivity contribution in [2.45, 2.75) is 32.6 Å². The molecule has 0 bridgehead atoms. The van der Waals surface area contributed by atoms with Crippen LogP contribution in [-0.2, 0) is 0 Å². The van der Waals surface area contributed by atoms with Crippen LogP contribution < -0.4 is 5.56 Å². The number of aromatic nitrogens is 1. The van der Waals surface area contributed by atoms with Gasteiger partial charge in [0.05, 0.1) is 0 Å². The average Bonchev–Trinajstić information content (AvgIpc) is 2.31. The van der Waals surface area contributed by atoms with Gasteiger partial charge in [0.1, 0.15) is 0 Å². The number of benzene rings is 1. The van der Waals surface area contributed by atoms with E-state index in [4.69, 9.17) is 0 Å². The van der Waals surface area contributed by atoms with Gasteiger partial charge in [0.25, 0.3) is 5.56 Å². The van der Waals surface area contributed by atoms with Gasteiger partial charge in [-0.15, -0.1) is 0 Å². The van der Waals surface area contributed by atoms with Crippen LogP contribution in [0, 0.1) is 0 Å². The third kappa shape index (κ3) is 1.87. The Bertz CT molecular complexity index is 538. The molecule has 0 saturated heterocycles. The normalized spacial score (nSPS) is 11.2. The summed E-state index contributed by atoms with van der Waals surface area (Å²) in [5.74, 6) is 0.369. The number of para-hydroxylation sites is 1. The summed E-state index contributed by atoms with van der Waals surface area (Å²) in [6.45, 7) is 4.26. The summed E-state index contributed by atoms with van der Waals surface area (Å²) < 4.78 is 0. The summed E-state index contributed by atoms with van der Waals surface area (Å²) in [6.07, 6.45) is 2.02. The highest BCUT2D eigenvalue weighted by atomic mass is 16.1. The van der Waals surface area contributed by atoms with Crippen molar-refractivity contribution in [1.29, 1.82) is 0 Å². The largest absolute Gasteiger partial charge is 0.322 e. The summed E-state index contributed by atoms with van der Waals surface area (Å²) in [5.41, 5.74) is 1.90. The van der Waals surface area contributed by atoms with Crippen molar-refractivity contribution in [3.63, 3.8) is 0 Å². The first-order chi connectivity index (χ1) is 7.76. The zero-order chi connectivity index (χ0) is 11.5. The molecule has 1 aromatic carbocycles. The molecule has 2 aromatic rings. The lowest BCUT2D eigenvalue weighted by molar-refractivity contribution is 0.635. The molecule has 16 heavy (non-hydrogen) atoms. The minimum absolute atomic E-state index is 0.0624. The molecule has 0 atom stereocenters. The molecule has 1 N–H and O–H groups in total. The van der Waals surface area contributed by atoms with Crippen LogP contribution in [-0.4, -0.2) is 4.98 Å². The molecule has 0 aliphatic rings. The molecule has 2 heteroatoms. The van der Waals surface area contributed by atoms with Crippen LogP contribution >= 0.6 is 0 Å². The van der Waals surface area contributed by atoms with Gasteiger partial charge < -0.3 is 4.98 Å². The summed E-state index contributed by atoms with van der Waals surface area (Å²) in [4.78, 5) is 14.9. The number of rotatable bonds is 3. The van der Waals surface area contributed by atoms with Crippen LogP contribution in [0.4, 0.5) is 0 Å². The predicted molar refractivity (Wildman–Crippen MR) is 67.9 cm³/mol. The molecule has 2 nitrogen and oxygen atoms in total. The SMILES string of the molecule is CCC(CC)c1cc2ccccc2[nH]c1=O. The standard InChI is InChI=1S/C14H17NO/c1-3-10(4-2)12-9-11-7-5-6-8-13(11)15-14(12)16/h5-10H,3-4H2,1-2H3,(H,15,16). The van der Waals surface area contributed by atoms with Gasteiger partial charge in [-0.1, -0.05) is 32.0 Å². The number of aromatic amines is 1. The van der Waals surface area contributed by atoms with Crippen LogP contribution in [0.1, 0.15) is 38.2 Å². The second-order valence-corrected chi connectivity index (χ2v) is 4.15. The molecule has 1 heterocycles. The van der Waals surface area contributed by atoms with E-state index in [1.807, 2.05) is 30.3 Å². The summed E-state index contributed by atoms with van der Waals surface area (Å²) in [6, 6.07) is 9.95. The van der Waals surface area contributed by atoms with Crippen molar-refractivity contribution >= 4 is 10.9 Å². The molecule has 0 radical (unpaired) electrons. The monoisotopic (exact) mass is 215 g/mol. The highest BCUT2D eigenvalue weighted by Gasteiger charge is 2.11. The zero-order valence-corrected chi connectivity index (χ0v) is 9.79. The Labute approximate surface area is 95.3 Å². The van der Waals surface area contributed by atoms with Crippen LogP contribution in [0.2, 0.25) is 0 Å². The molecule has 1 aromatic heterocycles. The zero-order valence-electron chi connectivity index (χ0n) is 9.79. The highest BCUT2D eigenvalue weighted by Crippen LogP contribution is 2.22. The molecular weight excluding hydrogens is 198 g/mol. The fourth-order valence-electron chi connectivity index (χ4n) is 2.20. The maximum Gasteiger partial charge on any atom is 0.251 e. The first-order valence-corrected chi connectivity index (χ1v) is 5.88. The first-order valence-electron chi connectivity index (χ1n) is 5.88. The van der Waals surface area contributed by atoms with Gasteiger partial charge in [0.15, 0.2) is 0 Å². The Balaban J connectivity index is 2.62. The summed E-state index contributed by atoms with van der Waals surface area (Å²) in [5, 5.41) is 1.11. The molecule has 0 unspecified atom stereocenters. The minimum Gasteiger partial charge on any atom is -0.322 e. The number of nitrogens with one attached hydrogen (secondary N) is 1. The molecule has 84 valence electrons. The van der Waals surface area contributed by atoms with Gasteiger partial charge in [-0.3, -0.25) is 4.79 Å². The third-order valence-corrected chi connectivity index (χ3v) is 3.21. The smallest absolute Gasteiger partial charge is 0.251 e. The maximum atomic E-state index is 11.9. The summed E-state index contributed by atoms with van der Waals surface area (Å²) >= 11 is 0. The summed E-state index contributed by atoms with van der Waals surface area (Å²) in [7, 11) is 0. The predicted octanol–water partition coefficient (Wildman–Crippen LogP) is 3.43. The Kier molecular flexibility index (Phi) is 3.09. The van der Waals surface area contributed by atoms with Crippen LogP contribution in [0.15, 0.2) is 35.1 Å². The fourth-order valence-corrected chi connectivity index (χ4v) is 2.20. The van der Waals surface area contributed by atoms with E-state index in [2.05, 4.69) is 18.8 Å². The van der Waals surface area contributed by atoms with Crippen LogP contribution in [0.25, 0.3) is 10.9 Å². The van der Waals surface area contributed by atoms with E-state index in [1.54, 1.807) is 0 Å². The molecule has 0 fully saturated rings. The maximum absolute atomic E-state index is 11.9. The second kappa shape index (κ2) is 4.52. The minimum atomic E-state index is 0.0624. The van der Waals surface area contributed by atoms with E-state index in [-0.39, 0.29) is 5.56 Å². The van der Waals surface area contributed by atoms with Crippen molar-refractivity contribution in [3.05, 3.63) is 46.2 Å². The van der Waals surface area contributed by atoms with Gasteiger partial charge in [-0.25, -0.2) is 0 Å². The Morgan fingerprint density at radius 1 is 1.19 bits per heavy atom. The number of hydrogen-bond donors (Lipinski definition) is 1. The van der Waals surface area contributed by atoms with Crippen molar-refractivity contribution in [2.24, 2.45) is 0 Å². The van der Waals surface area contributed by atoms with E-state index >= 15 is 0 Å². The van der Waals surface area contributed by atoms with Crippen molar-refractivity contribution in [1.82, 2.24) is 4.98 Å². The fraction of sp³-hybridized carbons (Fsp3) is 0.357. The van der Waals surface area contributed by atoms with Crippen LogP contribution in [0.3, 0.4) is 0 Å². The van der Waals surface area contributed by atoms with Crippen LogP contribution in [0.5, 0.6) is 0 Å². The molecule has 0 aliphatic heterocycles. The molecular formula is C14H17NO. The molecule has 0 spiro atoms. The van der Waals surface area contributed by atoms with E-state index < -0.39 is 0 Å². The molecule has 0 saturated carbocycles. The van der Waals surface area contributed by atoms with Crippen molar-refractivity contribution < 1.29 is 0 Å². The van der Waals surface area contributed by atoms with E-state index in [9.17, 15) is 4.79 Å². The Morgan fingerprint density at radius 3 is 2.56 bits per heavy atom. The van der Waals surface area contributed by atoms with Gasteiger partial charge in [0.2, 0.25) is 0 Å². The quantitative estimate of drug-likeness (QED) is 0.836. The van der Waals surface area contributed by atoms with Gasteiger partial charge >= 0.3 is 0 Å². The van der Waals surface area contributed by atoms with Crippen molar-refractivity contribution in [2.75, 3.05) is 0 Å². The van der Waals surface area contributed by atoms with E-state index in [0.717, 1.165) is 29.3 Å². The first kappa shape index (κ1) is 10.9. The number of fused-ring (bicyclic) bond motifs is 1. The highest BCUT2D eigenvalue weighted by molar-refractivity contribution is 5.78. The van der Waals surface area contributed by atoms with E-state index in [0.29, 0.717) is 5.92 Å². The number of hydrogen-bond acceptors (Lipinski definition) is 1. The Hall–Kier alpha value is -1.57. The Morgan fingerprint density at radius 2 is 1.88 bits per heavy atom. The lowest BCUT2D eigenvalue weighted by Crippen LogP contribution is -2.15.